The number of halogens is 3. The summed E-state index contributed by atoms with van der Waals surface area (Å²) in [5.74, 6) is -2.55. The van der Waals surface area contributed by atoms with Crippen molar-refractivity contribution in [3.05, 3.63) is 81.0 Å². The standard InChI is InChI=1S/C20H15ClF2N4O2/c1-10(18-12-7-15(22)16(23)8-13(12)19(28)25-24-18)26(2)20(29)11-6-17-14(21)4-3-5-27(17)9-11/h3-10H,1-2H3,(H,25,28)/t10-/m1/s1. The van der Waals surface area contributed by atoms with Gasteiger partial charge >= 0.3 is 0 Å². The molecule has 0 aliphatic heterocycles. The fourth-order valence-electron chi connectivity index (χ4n) is 3.28. The van der Waals surface area contributed by atoms with Crippen molar-refractivity contribution in [2.45, 2.75) is 13.0 Å². The first kappa shape index (κ1) is 19.1. The van der Waals surface area contributed by atoms with Crippen LogP contribution in [0.3, 0.4) is 0 Å². The maximum Gasteiger partial charge on any atom is 0.272 e. The van der Waals surface area contributed by atoms with Gasteiger partial charge in [-0.05, 0) is 37.3 Å². The molecule has 29 heavy (non-hydrogen) atoms. The number of hydrogen-bond acceptors (Lipinski definition) is 3. The van der Waals surface area contributed by atoms with Gasteiger partial charge in [-0.1, -0.05) is 11.6 Å². The van der Waals surface area contributed by atoms with E-state index in [-0.39, 0.29) is 22.4 Å². The molecule has 0 saturated carbocycles. The molecule has 1 N–H and O–H groups in total. The summed E-state index contributed by atoms with van der Waals surface area (Å²) in [4.78, 5) is 26.4. The molecule has 0 unspecified atom stereocenters. The lowest BCUT2D eigenvalue weighted by Gasteiger charge is -2.24. The van der Waals surface area contributed by atoms with Crippen LogP contribution in [-0.4, -0.2) is 32.5 Å². The predicted octanol–water partition coefficient (Wildman–Crippen LogP) is 3.94. The van der Waals surface area contributed by atoms with Crippen LogP contribution in [0.2, 0.25) is 5.02 Å². The van der Waals surface area contributed by atoms with Crippen molar-refractivity contribution < 1.29 is 13.6 Å². The van der Waals surface area contributed by atoms with E-state index < -0.39 is 23.2 Å². The molecule has 1 amide bonds. The molecule has 1 aromatic carbocycles. The lowest BCUT2D eigenvalue weighted by atomic mass is 10.1. The molecule has 0 radical (unpaired) electrons. The smallest absolute Gasteiger partial charge is 0.272 e. The minimum absolute atomic E-state index is 0.0389. The molecule has 6 nitrogen and oxygen atoms in total. The summed E-state index contributed by atoms with van der Waals surface area (Å²) < 4.78 is 29.1. The van der Waals surface area contributed by atoms with Crippen LogP contribution >= 0.6 is 11.6 Å². The number of H-pyrrole nitrogens is 1. The SMILES string of the molecule is C[C@H](c1n[nH]c(=O)c2cc(F)c(F)cc12)N(C)C(=O)c1cc2c(Cl)cccn2c1. The Labute approximate surface area is 168 Å². The number of nitrogens with zero attached hydrogens (tertiary/aromatic N) is 3. The summed E-state index contributed by atoms with van der Waals surface area (Å²) in [5, 5.41) is 6.88. The van der Waals surface area contributed by atoms with Gasteiger partial charge in [0.1, 0.15) is 0 Å². The third kappa shape index (κ3) is 3.15. The van der Waals surface area contributed by atoms with Crippen LogP contribution in [0, 0.1) is 11.6 Å². The number of aromatic nitrogens is 3. The zero-order chi connectivity index (χ0) is 20.9. The Hall–Kier alpha value is -3.26. The summed E-state index contributed by atoms with van der Waals surface area (Å²) in [6.07, 6.45) is 3.43. The fraction of sp³-hybridized carbons (Fsp3) is 0.150. The Morgan fingerprint density at radius 2 is 1.93 bits per heavy atom. The third-order valence-corrected chi connectivity index (χ3v) is 5.30. The summed E-state index contributed by atoms with van der Waals surface area (Å²) in [5.41, 5.74) is 0.690. The van der Waals surface area contributed by atoms with Crippen LogP contribution in [0.4, 0.5) is 8.78 Å². The minimum atomic E-state index is -1.13. The highest BCUT2D eigenvalue weighted by atomic mass is 35.5. The molecule has 0 fully saturated rings. The predicted molar refractivity (Wildman–Crippen MR) is 105 cm³/mol. The minimum Gasteiger partial charge on any atom is -0.333 e. The van der Waals surface area contributed by atoms with E-state index in [1.807, 2.05) is 0 Å². The maximum absolute atomic E-state index is 13.8. The first-order valence-corrected chi connectivity index (χ1v) is 9.06. The second kappa shape index (κ2) is 6.97. The number of carbonyl (C=O) groups excluding carboxylic acids is 1. The van der Waals surface area contributed by atoms with E-state index in [0.717, 1.165) is 12.1 Å². The molecule has 9 heteroatoms. The van der Waals surface area contributed by atoms with Crippen molar-refractivity contribution in [2.24, 2.45) is 0 Å². The second-order valence-electron chi connectivity index (χ2n) is 6.72. The highest BCUT2D eigenvalue weighted by Crippen LogP contribution is 2.27. The Kier molecular flexibility index (Phi) is 4.58. The molecule has 1 atom stereocenters. The fourth-order valence-corrected chi connectivity index (χ4v) is 3.50. The average Bonchev–Trinajstić information content (AvgIpc) is 3.14. The zero-order valence-corrected chi connectivity index (χ0v) is 16.2. The first-order valence-electron chi connectivity index (χ1n) is 8.68. The number of hydrogen-bond donors (Lipinski definition) is 1. The Bertz CT molecular complexity index is 1330. The van der Waals surface area contributed by atoms with E-state index in [1.54, 1.807) is 49.0 Å². The normalized spacial score (nSPS) is 12.4. The van der Waals surface area contributed by atoms with Crippen molar-refractivity contribution in [3.63, 3.8) is 0 Å². The number of fused-ring (bicyclic) bond motifs is 2. The summed E-state index contributed by atoms with van der Waals surface area (Å²) in [7, 11) is 1.56. The van der Waals surface area contributed by atoms with E-state index in [2.05, 4.69) is 10.2 Å². The Morgan fingerprint density at radius 1 is 1.24 bits per heavy atom. The van der Waals surface area contributed by atoms with Gasteiger partial charge in [0.25, 0.3) is 11.5 Å². The van der Waals surface area contributed by atoms with Gasteiger partial charge in [0.05, 0.1) is 33.2 Å². The largest absolute Gasteiger partial charge is 0.333 e. The van der Waals surface area contributed by atoms with Crippen LogP contribution in [0.1, 0.15) is 29.0 Å². The molecule has 148 valence electrons. The molecule has 3 heterocycles. The number of pyridine rings is 1. The molecule has 0 bridgehead atoms. The number of amides is 1. The monoisotopic (exact) mass is 416 g/mol. The van der Waals surface area contributed by atoms with E-state index in [1.165, 1.54) is 4.90 Å². The van der Waals surface area contributed by atoms with Crippen LogP contribution in [0.15, 0.2) is 47.5 Å². The van der Waals surface area contributed by atoms with E-state index in [4.69, 9.17) is 11.6 Å². The van der Waals surface area contributed by atoms with Gasteiger partial charge in [0.2, 0.25) is 0 Å². The number of benzene rings is 1. The van der Waals surface area contributed by atoms with E-state index in [9.17, 15) is 18.4 Å². The molecule has 0 saturated heterocycles. The highest BCUT2D eigenvalue weighted by Gasteiger charge is 2.24. The van der Waals surface area contributed by atoms with Crippen LogP contribution in [-0.2, 0) is 0 Å². The van der Waals surface area contributed by atoms with Crippen LogP contribution in [0.25, 0.3) is 16.3 Å². The van der Waals surface area contributed by atoms with Gasteiger partial charge < -0.3 is 9.30 Å². The second-order valence-corrected chi connectivity index (χ2v) is 7.13. The van der Waals surface area contributed by atoms with Gasteiger partial charge in [0.15, 0.2) is 11.6 Å². The molecule has 0 aliphatic rings. The van der Waals surface area contributed by atoms with E-state index >= 15 is 0 Å². The lowest BCUT2D eigenvalue weighted by Crippen LogP contribution is -2.31. The van der Waals surface area contributed by atoms with Crippen molar-refractivity contribution in [1.29, 1.82) is 0 Å². The highest BCUT2D eigenvalue weighted by molar-refractivity contribution is 6.33. The van der Waals surface area contributed by atoms with Crippen molar-refractivity contribution in [1.82, 2.24) is 19.5 Å². The van der Waals surface area contributed by atoms with E-state index in [0.29, 0.717) is 16.1 Å². The number of aromatic amines is 1. The van der Waals surface area contributed by atoms with Crippen molar-refractivity contribution >= 4 is 33.8 Å². The Morgan fingerprint density at radius 3 is 2.62 bits per heavy atom. The van der Waals surface area contributed by atoms with Gasteiger partial charge in [0, 0.05) is 24.8 Å². The summed E-state index contributed by atoms with van der Waals surface area (Å²) in [6.45, 7) is 1.68. The average molecular weight is 417 g/mol. The molecular formula is C20H15ClF2N4O2. The topological polar surface area (TPSA) is 70.5 Å². The molecule has 0 aliphatic carbocycles. The van der Waals surface area contributed by atoms with Gasteiger partial charge in [-0.25, -0.2) is 13.9 Å². The van der Waals surface area contributed by atoms with Crippen LogP contribution < -0.4 is 5.56 Å². The molecule has 4 rings (SSSR count). The summed E-state index contributed by atoms with van der Waals surface area (Å²) >= 11 is 6.17. The Balaban J connectivity index is 1.75. The van der Waals surface area contributed by atoms with Gasteiger partial charge in [-0.15, -0.1) is 0 Å². The maximum atomic E-state index is 13.8. The quantitative estimate of drug-likeness (QED) is 0.550. The lowest BCUT2D eigenvalue weighted by molar-refractivity contribution is 0.0740. The zero-order valence-electron chi connectivity index (χ0n) is 15.4. The molecule has 3 aromatic heterocycles. The molecule has 0 spiro atoms. The molecule has 4 aromatic rings. The van der Waals surface area contributed by atoms with Crippen LogP contribution in [0.5, 0.6) is 0 Å². The molecular weight excluding hydrogens is 402 g/mol. The van der Waals surface area contributed by atoms with Gasteiger partial charge in [-0.3, -0.25) is 9.59 Å². The van der Waals surface area contributed by atoms with Gasteiger partial charge in [-0.2, -0.15) is 5.10 Å². The summed E-state index contributed by atoms with van der Waals surface area (Å²) in [6, 6.07) is 6.27. The third-order valence-electron chi connectivity index (χ3n) is 4.99. The number of carbonyl (C=O) groups is 1. The number of nitrogens with one attached hydrogen (secondary N) is 1. The van der Waals surface area contributed by atoms with Crippen molar-refractivity contribution in [3.8, 4) is 0 Å². The first-order chi connectivity index (χ1) is 13.8. The number of rotatable bonds is 3. The van der Waals surface area contributed by atoms with Crippen molar-refractivity contribution in [2.75, 3.05) is 7.05 Å².